The minimum Gasteiger partial charge on any atom is -0.309 e. The molecule has 0 aliphatic heterocycles. The number of hydrogen-bond acceptors (Lipinski definition) is 2. The predicted molar refractivity (Wildman–Crippen MR) is 239 cm³/mol. The summed E-state index contributed by atoms with van der Waals surface area (Å²) in [6.45, 7) is 0. The molecule has 10 aromatic carbocycles. The van der Waals surface area contributed by atoms with E-state index in [1.165, 1.54) is 43.1 Å². The van der Waals surface area contributed by atoms with Crippen LogP contribution in [0, 0.1) is 0 Å². The van der Waals surface area contributed by atoms with Gasteiger partial charge in [-0.1, -0.05) is 152 Å². The summed E-state index contributed by atoms with van der Waals surface area (Å²) in [5.41, 5.74) is 8.64. The predicted octanol–water partition coefficient (Wildman–Crippen LogP) is 15.7. The van der Waals surface area contributed by atoms with Crippen LogP contribution in [-0.2, 0) is 0 Å². The summed E-state index contributed by atoms with van der Waals surface area (Å²) in [6.07, 6.45) is 0. The zero-order valence-electron chi connectivity index (χ0n) is 30.0. The molecule has 260 valence electrons. The lowest BCUT2D eigenvalue weighted by molar-refractivity contribution is 1.24. The van der Waals surface area contributed by atoms with Gasteiger partial charge in [0.05, 0.1) is 15.8 Å². The van der Waals surface area contributed by atoms with Crippen LogP contribution in [0.15, 0.2) is 217 Å². The van der Waals surface area contributed by atoms with Crippen molar-refractivity contribution in [2.24, 2.45) is 0 Å². The molecule has 0 N–H and O–H groups in total. The lowest BCUT2D eigenvalue weighted by Gasteiger charge is -2.32. The minimum atomic E-state index is 0.981. The lowest BCUT2D eigenvalue weighted by atomic mass is 10.0. The molecule has 0 heterocycles. The topological polar surface area (TPSA) is 6.48 Å². The van der Waals surface area contributed by atoms with Crippen LogP contribution in [0.4, 0.5) is 34.1 Å². The third-order valence-electron chi connectivity index (χ3n) is 10.6. The van der Waals surface area contributed by atoms with E-state index in [4.69, 9.17) is 0 Å². The van der Waals surface area contributed by atoms with Gasteiger partial charge in [0.2, 0.25) is 0 Å². The Kier molecular flexibility index (Phi) is 8.35. The molecule has 0 aliphatic rings. The van der Waals surface area contributed by atoms with Crippen molar-refractivity contribution >= 4 is 93.1 Å². The standard InChI is InChI=1S/C52H35BrN2/c53-52-50(54(46-26-22-37-14-4-8-18-41(37)30-46)47-27-23-38-15-5-9-19-42(38)31-47)34-45(36-12-2-1-3-13-36)35-51(52)55(48-28-24-39-16-6-10-20-43(39)32-48)49-29-25-40-17-7-11-21-44(40)33-49/h1-35H. The second-order valence-corrected chi connectivity index (χ2v) is 14.8. The zero-order chi connectivity index (χ0) is 36.7. The van der Waals surface area contributed by atoms with Crippen molar-refractivity contribution in [1.82, 2.24) is 0 Å². The van der Waals surface area contributed by atoms with Crippen LogP contribution < -0.4 is 9.80 Å². The molecular formula is C52H35BrN2. The fraction of sp³-hybridized carbons (Fsp3) is 0. The van der Waals surface area contributed by atoms with Crippen molar-refractivity contribution in [3.63, 3.8) is 0 Å². The van der Waals surface area contributed by atoms with Gasteiger partial charge < -0.3 is 9.80 Å². The molecule has 3 heteroatoms. The van der Waals surface area contributed by atoms with Crippen molar-refractivity contribution in [2.75, 3.05) is 9.80 Å². The molecule has 0 unspecified atom stereocenters. The molecule has 2 nitrogen and oxygen atoms in total. The van der Waals surface area contributed by atoms with Gasteiger partial charge in [0.1, 0.15) is 0 Å². The van der Waals surface area contributed by atoms with E-state index < -0.39 is 0 Å². The van der Waals surface area contributed by atoms with E-state index in [2.05, 4.69) is 238 Å². The van der Waals surface area contributed by atoms with E-state index in [0.717, 1.165) is 49.7 Å². The van der Waals surface area contributed by atoms with Crippen LogP contribution in [-0.4, -0.2) is 0 Å². The summed E-state index contributed by atoms with van der Waals surface area (Å²) in [6, 6.07) is 76.8. The molecule has 0 spiro atoms. The molecular weight excluding hydrogens is 732 g/mol. The van der Waals surface area contributed by atoms with Crippen LogP contribution >= 0.6 is 15.9 Å². The van der Waals surface area contributed by atoms with E-state index >= 15 is 0 Å². The number of fused-ring (bicyclic) bond motifs is 4. The van der Waals surface area contributed by atoms with E-state index in [9.17, 15) is 0 Å². The quantitative estimate of drug-likeness (QED) is 0.159. The van der Waals surface area contributed by atoms with E-state index in [-0.39, 0.29) is 0 Å². The highest BCUT2D eigenvalue weighted by atomic mass is 79.9. The zero-order valence-corrected chi connectivity index (χ0v) is 31.6. The Hall–Kier alpha value is -6.68. The molecule has 10 rings (SSSR count). The Morgan fingerprint density at radius 3 is 0.873 bits per heavy atom. The molecule has 0 saturated carbocycles. The Morgan fingerprint density at radius 1 is 0.255 bits per heavy atom. The van der Waals surface area contributed by atoms with Gasteiger partial charge in [-0.25, -0.2) is 0 Å². The maximum Gasteiger partial charge on any atom is 0.0657 e. The van der Waals surface area contributed by atoms with Crippen molar-refractivity contribution in [2.45, 2.75) is 0 Å². The first-order valence-electron chi connectivity index (χ1n) is 18.6. The van der Waals surface area contributed by atoms with E-state index in [1.54, 1.807) is 0 Å². The normalized spacial score (nSPS) is 11.4. The van der Waals surface area contributed by atoms with Crippen LogP contribution in [0.2, 0.25) is 0 Å². The second-order valence-electron chi connectivity index (χ2n) is 14.0. The molecule has 0 bridgehead atoms. The average Bonchev–Trinajstić information content (AvgIpc) is 3.25. The van der Waals surface area contributed by atoms with Crippen molar-refractivity contribution in [3.8, 4) is 11.1 Å². The van der Waals surface area contributed by atoms with Crippen molar-refractivity contribution in [1.29, 1.82) is 0 Å². The van der Waals surface area contributed by atoms with Gasteiger partial charge in [0.15, 0.2) is 0 Å². The number of halogens is 1. The van der Waals surface area contributed by atoms with Gasteiger partial charge in [0.25, 0.3) is 0 Å². The first-order valence-corrected chi connectivity index (χ1v) is 19.4. The fourth-order valence-corrected chi connectivity index (χ4v) is 8.42. The summed E-state index contributed by atoms with van der Waals surface area (Å²) in [5, 5.41) is 9.60. The largest absolute Gasteiger partial charge is 0.309 e. The Labute approximate surface area is 329 Å². The Bertz CT molecular complexity index is 2680. The number of anilines is 6. The van der Waals surface area contributed by atoms with Crippen LogP contribution in [0.3, 0.4) is 0 Å². The molecule has 0 fully saturated rings. The number of hydrogen-bond donors (Lipinski definition) is 0. The highest BCUT2D eigenvalue weighted by Crippen LogP contribution is 2.50. The van der Waals surface area contributed by atoms with Crippen LogP contribution in [0.1, 0.15) is 0 Å². The van der Waals surface area contributed by atoms with Crippen LogP contribution in [0.5, 0.6) is 0 Å². The molecule has 0 radical (unpaired) electrons. The molecule has 0 aliphatic carbocycles. The maximum atomic E-state index is 4.29. The maximum absolute atomic E-state index is 4.29. The molecule has 0 saturated heterocycles. The highest BCUT2D eigenvalue weighted by molar-refractivity contribution is 9.10. The van der Waals surface area contributed by atoms with E-state index in [1.807, 2.05) is 0 Å². The highest BCUT2D eigenvalue weighted by Gasteiger charge is 2.25. The first-order chi connectivity index (χ1) is 27.2. The second kappa shape index (κ2) is 13.9. The SMILES string of the molecule is Brc1c(N(c2ccc3ccccc3c2)c2ccc3ccccc3c2)cc(-c2ccccc2)cc1N(c1ccc2ccccc2c1)c1ccc2ccccc2c1. The number of rotatable bonds is 7. The molecule has 55 heavy (non-hydrogen) atoms. The molecule has 0 aromatic heterocycles. The average molecular weight is 768 g/mol. The summed E-state index contributed by atoms with van der Waals surface area (Å²) in [7, 11) is 0. The first kappa shape index (κ1) is 32.9. The molecule has 0 amide bonds. The minimum absolute atomic E-state index is 0.981. The Morgan fingerprint density at radius 2 is 0.545 bits per heavy atom. The molecule has 10 aromatic rings. The number of benzene rings is 10. The van der Waals surface area contributed by atoms with Crippen molar-refractivity contribution < 1.29 is 0 Å². The summed E-state index contributed by atoms with van der Waals surface area (Å²) in [5.74, 6) is 0. The smallest absolute Gasteiger partial charge is 0.0657 e. The van der Waals surface area contributed by atoms with Gasteiger partial charge in [0, 0.05) is 22.7 Å². The van der Waals surface area contributed by atoms with E-state index in [0.29, 0.717) is 0 Å². The van der Waals surface area contributed by atoms with Gasteiger partial charge >= 0.3 is 0 Å². The lowest BCUT2D eigenvalue weighted by Crippen LogP contribution is -2.15. The van der Waals surface area contributed by atoms with Crippen molar-refractivity contribution in [3.05, 3.63) is 217 Å². The third-order valence-corrected chi connectivity index (χ3v) is 11.4. The summed E-state index contributed by atoms with van der Waals surface area (Å²) in [4.78, 5) is 4.80. The fourth-order valence-electron chi connectivity index (χ4n) is 7.83. The summed E-state index contributed by atoms with van der Waals surface area (Å²) >= 11 is 4.29. The monoisotopic (exact) mass is 766 g/mol. The Balaban J connectivity index is 1.28. The van der Waals surface area contributed by atoms with Gasteiger partial charge in [-0.05, 0) is 131 Å². The van der Waals surface area contributed by atoms with Crippen LogP contribution in [0.25, 0.3) is 54.2 Å². The molecule has 0 atom stereocenters. The van der Waals surface area contributed by atoms with Gasteiger partial charge in [-0.3, -0.25) is 0 Å². The number of nitrogens with zero attached hydrogens (tertiary/aromatic N) is 2. The summed E-state index contributed by atoms with van der Waals surface area (Å²) < 4.78 is 0.981. The van der Waals surface area contributed by atoms with Gasteiger partial charge in [-0.2, -0.15) is 0 Å². The third kappa shape index (κ3) is 6.19. The van der Waals surface area contributed by atoms with Gasteiger partial charge in [-0.15, -0.1) is 0 Å².